The van der Waals surface area contributed by atoms with E-state index in [2.05, 4.69) is 10.6 Å². The Morgan fingerprint density at radius 3 is 2.30 bits per heavy atom. The minimum Gasteiger partial charge on any atom is -0.481 e. The normalized spacial score (nSPS) is 10.2. The average Bonchev–Trinajstić information content (AvgIpc) is 2.36. The topological polar surface area (TPSA) is 98.7 Å². The van der Waals surface area contributed by atoms with E-state index in [0.29, 0.717) is 19.0 Å². The number of hydrogen-bond acceptors (Lipinski definition) is 3. The summed E-state index contributed by atoms with van der Waals surface area (Å²) in [6.07, 6.45) is 0.130. The maximum atomic E-state index is 11.7. The molecule has 3 N–H and O–H groups in total. The second-order valence-corrected chi connectivity index (χ2v) is 4.90. The molecule has 0 aromatic heterocycles. The highest BCUT2D eigenvalue weighted by Gasteiger charge is 2.12. The molecule has 0 spiro atoms. The fourth-order valence-corrected chi connectivity index (χ4v) is 1.43. The summed E-state index contributed by atoms with van der Waals surface area (Å²) in [4.78, 5) is 35.0. The Kier molecular flexibility index (Phi) is 9.15. The highest BCUT2D eigenvalue weighted by molar-refractivity contribution is 5.78. The van der Waals surface area contributed by atoms with Crippen LogP contribution in [0.15, 0.2) is 0 Å². The Balaban J connectivity index is 3.89. The minimum atomic E-state index is -0.940. The number of urea groups is 1. The summed E-state index contributed by atoms with van der Waals surface area (Å²) in [6.45, 7) is 7.23. The zero-order valence-electron chi connectivity index (χ0n) is 12.4. The third kappa shape index (κ3) is 9.18. The van der Waals surface area contributed by atoms with Crippen molar-refractivity contribution in [1.82, 2.24) is 15.5 Å². The maximum Gasteiger partial charge on any atom is 0.317 e. The first-order chi connectivity index (χ1) is 9.36. The number of carboxylic acids is 1. The van der Waals surface area contributed by atoms with E-state index in [4.69, 9.17) is 5.11 Å². The Morgan fingerprint density at radius 1 is 1.15 bits per heavy atom. The fourth-order valence-electron chi connectivity index (χ4n) is 1.43. The molecule has 0 bridgehead atoms. The molecule has 0 unspecified atom stereocenters. The molecule has 0 saturated heterocycles. The first kappa shape index (κ1) is 18.2. The fraction of sp³-hybridized carbons (Fsp3) is 0.769. The van der Waals surface area contributed by atoms with Gasteiger partial charge in [0.25, 0.3) is 0 Å². The lowest BCUT2D eigenvalue weighted by atomic mass is 10.2. The van der Waals surface area contributed by atoms with Crippen LogP contribution in [-0.4, -0.2) is 54.1 Å². The van der Waals surface area contributed by atoms with E-state index in [0.717, 1.165) is 0 Å². The van der Waals surface area contributed by atoms with Gasteiger partial charge in [0, 0.05) is 32.6 Å². The lowest BCUT2D eigenvalue weighted by Crippen LogP contribution is -2.42. The largest absolute Gasteiger partial charge is 0.481 e. The van der Waals surface area contributed by atoms with Crippen LogP contribution in [0.1, 0.15) is 33.6 Å². The number of carbonyl (C=O) groups excluding carboxylic acids is 2. The van der Waals surface area contributed by atoms with E-state index in [1.807, 2.05) is 13.8 Å². The number of nitrogens with one attached hydrogen (secondary N) is 2. The molecule has 7 heteroatoms. The molecule has 7 nitrogen and oxygen atoms in total. The predicted octanol–water partition coefficient (Wildman–Crippen LogP) is 0.655. The summed E-state index contributed by atoms with van der Waals surface area (Å²) in [5.74, 6) is -0.656. The number of nitrogens with zero attached hydrogens (tertiary/aromatic N) is 1. The highest BCUT2D eigenvalue weighted by Crippen LogP contribution is 1.93. The lowest BCUT2D eigenvalue weighted by Gasteiger charge is -2.20. The molecule has 20 heavy (non-hydrogen) atoms. The van der Waals surface area contributed by atoms with Crippen LogP contribution in [0, 0.1) is 5.92 Å². The van der Waals surface area contributed by atoms with Gasteiger partial charge in [-0.1, -0.05) is 13.8 Å². The molecule has 0 heterocycles. The second-order valence-electron chi connectivity index (χ2n) is 4.90. The van der Waals surface area contributed by atoms with Gasteiger partial charge in [-0.15, -0.1) is 0 Å². The van der Waals surface area contributed by atoms with E-state index in [-0.39, 0.29) is 37.9 Å². The van der Waals surface area contributed by atoms with Crippen molar-refractivity contribution >= 4 is 17.9 Å². The number of carboxylic acid groups (broad SMARTS) is 1. The third-order valence-corrected chi connectivity index (χ3v) is 2.60. The Labute approximate surface area is 119 Å². The molecule has 116 valence electrons. The number of rotatable bonds is 9. The molecule has 0 atom stereocenters. The first-order valence-corrected chi connectivity index (χ1v) is 6.88. The van der Waals surface area contributed by atoms with Gasteiger partial charge in [0.1, 0.15) is 0 Å². The summed E-state index contributed by atoms with van der Waals surface area (Å²) < 4.78 is 0. The smallest absolute Gasteiger partial charge is 0.317 e. The summed E-state index contributed by atoms with van der Waals surface area (Å²) in [5, 5.41) is 13.9. The van der Waals surface area contributed by atoms with Gasteiger partial charge < -0.3 is 20.6 Å². The van der Waals surface area contributed by atoms with Crippen molar-refractivity contribution in [2.24, 2.45) is 5.92 Å². The molecule has 0 aromatic carbocycles. The average molecular weight is 287 g/mol. The molecule has 0 aromatic rings. The van der Waals surface area contributed by atoms with Crippen molar-refractivity contribution in [2.75, 3.05) is 26.2 Å². The maximum absolute atomic E-state index is 11.7. The van der Waals surface area contributed by atoms with Crippen molar-refractivity contribution in [3.63, 3.8) is 0 Å². The Morgan fingerprint density at radius 2 is 1.80 bits per heavy atom. The molecule has 0 rings (SSSR count). The summed E-state index contributed by atoms with van der Waals surface area (Å²) >= 11 is 0. The van der Waals surface area contributed by atoms with Gasteiger partial charge in [0.2, 0.25) is 5.91 Å². The monoisotopic (exact) mass is 287 g/mol. The number of aliphatic carboxylic acids is 1. The van der Waals surface area contributed by atoms with Crippen LogP contribution < -0.4 is 10.6 Å². The quantitative estimate of drug-likeness (QED) is 0.580. The molecule has 0 radical (unpaired) electrons. The summed E-state index contributed by atoms with van der Waals surface area (Å²) in [5.41, 5.74) is 0. The van der Waals surface area contributed by atoms with Gasteiger partial charge >= 0.3 is 12.0 Å². The summed E-state index contributed by atoms with van der Waals surface area (Å²) in [6, 6.07) is -0.342. The zero-order valence-corrected chi connectivity index (χ0v) is 12.4. The molecule has 0 aliphatic rings. The van der Waals surface area contributed by atoms with Crippen molar-refractivity contribution in [3.05, 3.63) is 0 Å². The van der Waals surface area contributed by atoms with Crippen LogP contribution in [0.5, 0.6) is 0 Å². The number of hydrogen-bond donors (Lipinski definition) is 3. The predicted molar refractivity (Wildman–Crippen MR) is 75.4 cm³/mol. The number of amides is 3. The van der Waals surface area contributed by atoms with Crippen LogP contribution in [0.4, 0.5) is 4.79 Å². The molecule has 0 saturated carbocycles. The van der Waals surface area contributed by atoms with Gasteiger partial charge in [0.05, 0.1) is 6.42 Å². The van der Waals surface area contributed by atoms with E-state index in [9.17, 15) is 14.4 Å². The zero-order chi connectivity index (χ0) is 15.5. The summed E-state index contributed by atoms with van der Waals surface area (Å²) in [7, 11) is 0. The van der Waals surface area contributed by atoms with Crippen LogP contribution in [0.25, 0.3) is 0 Å². The minimum absolute atomic E-state index is 0.0872. The van der Waals surface area contributed by atoms with Gasteiger partial charge in [-0.3, -0.25) is 9.59 Å². The Hall–Kier alpha value is -1.79. The van der Waals surface area contributed by atoms with Gasteiger partial charge in [-0.2, -0.15) is 0 Å². The van der Waals surface area contributed by atoms with E-state index in [1.165, 1.54) is 4.90 Å². The standard InChI is InChI=1S/C13H25N3O4/c1-4-16(8-6-12(18)19)13(20)14-7-5-11(17)15-9-10(2)3/h10H,4-9H2,1-3H3,(H,14,20)(H,15,17)(H,18,19). The van der Waals surface area contributed by atoms with Crippen LogP contribution in [0.3, 0.4) is 0 Å². The van der Waals surface area contributed by atoms with E-state index < -0.39 is 5.97 Å². The van der Waals surface area contributed by atoms with Crippen molar-refractivity contribution < 1.29 is 19.5 Å². The SMILES string of the molecule is CCN(CCC(=O)O)C(=O)NCCC(=O)NCC(C)C. The van der Waals surface area contributed by atoms with E-state index >= 15 is 0 Å². The molecule has 0 fully saturated rings. The Bertz CT molecular complexity index is 332. The first-order valence-electron chi connectivity index (χ1n) is 6.88. The molecule has 0 aliphatic carbocycles. The van der Waals surface area contributed by atoms with Crippen LogP contribution in [-0.2, 0) is 9.59 Å². The molecular formula is C13H25N3O4. The van der Waals surface area contributed by atoms with E-state index in [1.54, 1.807) is 6.92 Å². The van der Waals surface area contributed by atoms with Crippen molar-refractivity contribution in [2.45, 2.75) is 33.6 Å². The van der Waals surface area contributed by atoms with Crippen LogP contribution in [0.2, 0.25) is 0 Å². The third-order valence-electron chi connectivity index (χ3n) is 2.60. The molecule has 0 aliphatic heterocycles. The van der Waals surface area contributed by atoms with Crippen molar-refractivity contribution in [3.8, 4) is 0 Å². The van der Waals surface area contributed by atoms with Gasteiger partial charge in [-0.25, -0.2) is 4.79 Å². The van der Waals surface area contributed by atoms with Crippen molar-refractivity contribution in [1.29, 1.82) is 0 Å². The number of carbonyl (C=O) groups is 3. The molecular weight excluding hydrogens is 262 g/mol. The van der Waals surface area contributed by atoms with Gasteiger partial charge in [-0.05, 0) is 12.8 Å². The van der Waals surface area contributed by atoms with Crippen LogP contribution >= 0.6 is 0 Å². The second kappa shape index (κ2) is 10.1. The lowest BCUT2D eigenvalue weighted by molar-refractivity contribution is -0.137. The highest BCUT2D eigenvalue weighted by atomic mass is 16.4. The van der Waals surface area contributed by atoms with Gasteiger partial charge in [0.15, 0.2) is 0 Å². The molecule has 3 amide bonds.